The molecule has 0 spiro atoms. The molecule has 0 saturated heterocycles. The minimum atomic E-state index is 0.760. The third-order valence-corrected chi connectivity index (χ3v) is 3.83. The largest absolute Gasteiger partial charge is 0.261 e. The van der Waals surface area contributed by atoms with E-state index in [0.29, 0.717) is 0 Å². The predicted octanol–water partition coefficient (Wildman–Crippen LogP) is 3.79. The van der Waals surface area contributed by atoms with Crippen molar-refractivity contribution in [1.29, 1.82) is 0 Å². The molecule has 2 atom stereocenters. The fourth-order valence-electron chi connectivity index (χ4n) is 2.65. The van der Waals surface area contributed by atoms with Crippen LogP contribution in [0.1, 0.15) is 30.9 Å². The topological polar surface area (TPSA) is 12.4 Å². The van der Waals surface area contributed by atoms with E-state index in [-0.39, 0.29) is 0 Å². The molecule has 3 rings (SSSR count). The average Bonchev–Trinajstić information content (AvgIpc) is 2.98. The van der Waals surface area contributed by atoms with Gasteiger partial charge in [0, 0.05) is 17.8 Å². The molecular formula is C16H19N. The predicted molar refractivity (Wildman–Crippen MR) is 72.3 cm³/mol. The molecule has 1 nitrogen and oxygen atoms in total. The fraction of sp³-hybridized carbons (Fsp3) is 0.438. The number of aryl methyl sites for hydroxylation is 1. The summed E-state index contributed by atoms with van der Waals surface area (Å²) in [6, 6.07) is 9.19. The summed E-state index contributed by atoms with van der Waals surface area (Å²) in [5.41, 5.74) is 4.29. The average molecular weight is 225 g/mol. The zero-order valence-corrected chi connectivity index (χ0v) is 10.4. The van der Waals surface area contributed by atoms with Gasteiger partial charge in [0.05, 0.1) is 0 Å². The molecule has 2 unspecified atom stereocenters. The maximum absolute atomic E-state index is 4.30. The van der Waals surface area contributed by atoms with Gasteiger partial charge in [-0.15, -0.1) is 0 Å². The molecule has 0 radical (unpaired) electrons. The lowest BCUT2D eigenvalue weighted by atomic mass is 10.0. The van der Waals surface area contributed by atoms with Crippen LogP contribution in [-0.4, -0.2) is 5.71 Å². The first-order valence-electron chi connectivity index (χ1n) is 6.69. The van der Waals surface area contributed by atoms with Crippen LogP contribution in [0, 0.1) is 11.8 Å². The second kappa shape index (κ2) is 4.48. The molecule has 1 saturated carbocycles. The van der Waals surface area contributed by atoms with Crippen molar-refractivity contribution in [3.63, 3.8) is 0 Å². The molecule has 1 fully saturated rings. The molecule has 0 N–H and O–H groups in total. The van der Waals surface area contributed by atoms with Crippen molar-refractivity contribution in [3.05, 3.63) is 47.7 Å². The van der Waals surface area contributed by atoms with E-state index in [4.69, 9.17) is 0 Å². The summed E-state index contributed by atoms with van der Waals surface area (Å²) in [5, 5.41) is 0. The Bertz CT molecular complexity index is 453. The maximum Gasteiger partial charge on any atom is 0.0452 e. The van der Waals surface area contributed by atoms with Crippen LogP contribution in [0.4, 0.5) is 0 Å². The smallest absolute Gasteiger partial charge is 0.0452 e. The Morgan fingerprint density at radius 2 is 1.88 bits per heavy atom. The van der Waals surface area contributed by atoms with E-state index in [1.165, 1.54) is 42.5 Å². The minimum absolute atomic E-state index is 0.760. The highest BCUT2D eigenvalue weighted by atomic mass is 14.8. The highest BCUT2D eigenvalue weighted by Gasteiger charge is 2.40. The Morgan fingerprint density at radius 3 is 2.47 bits per heavy atom. The number of hydrogen-bond donors (Lipinski definition) is 0. The van der Waals surface area contributed by atoms with E-state index in [1.54, 1.807) is 0 Å². The van der Waals surface area contributed by atoms with Crippen LogP contribution in [0.2, 0.25) is 0 Å². The highest BCUT2D eigenvalue weighted by molar-refractivity contribution is 6.02. The van der Waals surface area contributed by atoms with E-state index in [2.05, 4.69) is 42.3 Å². The summed E-state index contributed by atoms with van der Waals surface area (Å²) < 4.78 is 0. The van der Waals surface area contributed by atoms with Crippen LogP contribution < -0.4 is 0 Å². The lowest BCUT2D eigenvalue weighted by molar-refractivity contribution is 0.796. The van der Waals surface area contributed by atoms with Gasteiger partial charge in [-0.1, -0.05) is 37.6 Å². The second-order valence-corrected chi connectivity index (χ2v) is 5.24. The highest BCUT2D eigenvalue weighted by Crippen LogP contribution is 2.43. The van der Waals surface area contributed by atoms with Gasteiger partial charge in [0.1, 0.15) is 0 Å². The Balaban J connectivity index is 1.55. The zero-order chi connectivity index (χ0) is 11.7. The van der Waals surface area contributed by atoms with Gasteiger partial charge in [-0.25, -0.2) is 0 Å². The number of nitrogens with zero attached hydrogens (tertiary/aromatic N) is 1. The summed E-state index contributed by atoms with van der Waals surface area (Å²) in [4.78, 5) is 4.30. The van der Waals surface area contributed by atoms with Crippen LogP contribution in [-0.2, 0) is 12.8 Å². The number of benzene rings is 1. The van der Waals surface area contributed by atoms with Gasteiger partial charge in [-0.2, -0.15) is 0 Å². The molecule has 17 heavy (non-hydrogen) atoms. The Labute approximate surface area is 103 Å². The summed E-state index contributed by atoms with van der Waals surface area (Å²) in [6.45, 7) is 2.23. The molecule has 0 amide bonds. The van der Waals surface area contributed by atoms with Gasteiger partial charge >= 0.3 is 0 Å². The molecule has 1 aromatic carbocycles. The van der Waals surface area contributed by atoms with Crippen molar-refractivity contribution in [2.75, 3.05) is 0 Å². The van der Waals surface area contributed by atoms with E-state index >= 15 is 0 Å². The fourth-order valence-corrected chi connectivity index (χ4v) is 2.65. The summed E-state index contributed by atoms with van der Waals surface area (Å²) in [5.74, 6) is 1.60. The Hall–Kier alpha value is -1.37. The first-order valence-corrected chi connectivity index (χ1v) is 6.69. The first kappa shape index (κ1) is 10.8. The lowest BCUT2D eigenvalue weighted by Crippen LogP contribution is -2.04. The maximum atomic E-state index is 4.30. The molecule has 2 aliphatic rings. The molecule has 1 heteroatoms. The molecule has 0 aromatic heterocycles. The van der Waals surface area contributed by atoms with E-state index in [1.807, 2.05) is 6.20 Å². The van der Waals surface area contributed by atoms with Gasteiger partial charge in [0.25, 0.3) is 0 Å². The zero-order valence-electron chi connectivity index (χ0n) is 10.4. The number of allylic oxidation sites excluding steroid dienone is 1. The second-order valence-electron chi connectivity index (χ2n) is 5.24. The normalized spacial score (nSPS) is 25.4. The number of rotatable bonds is 5. The SMILES string of the molecule is CCCc1ccc(CC2CC2C2=NC=C2)cc1. The summed E-state index contributed by atoms with van der Waals surface area (Å²) in [7, 11) is 0. The Kier molecular flexibility index (Phi) is 2.84. The van der Waals surface area contributed by atoms with Gasteiger partial charge in [-0.05, 0) is 42.4 Å². The quantitative estimate of drug-likeness (QED) is 0.723. The van der Waals surface area contributed by atoms with Crippen molar-refractivity contribution in [1.82, 2.24) is 0 Å². The standard InChI is InChI=1S/C16H19N/c1-2-3-12-4-6-13(7-5-12)10-14-11-15(14)16-8-9-17-16/h4-9,14-15H,2-3,10-11H2,1H3. The molecule has 1 aromatic rings. The summed E-state index contributed by atoms with van der Waals surface area (Å²) >= 11 is 0. The monoisotopic (exact) mass is 225 g/mol. The third kappa shape index (κ3) is 2.33. The molecular weight excluding hydrogens is 206 g/mol. The van der Waals surface area contributed by atoms with Crippen molar-refractivity contribution in [2.24, 2.45) is 16.8 Å². The van der Waals surface area contributed by atoms with Crippen LogP contribution in [0.15, 0.2) is 41.5 Å². The first-order chi connectivity index (χ1) is 8.36. The molecule has 0 bridgehead atoms. The third-order valence-electron chi connectivity index (χ3n) is 3.83. The van der Waals surface area contributed by atoms with Gasteiger partial charge in [-0.3, -0.25) is 4.99 Å². The molecule has 1 aliphatic carbocycles. The Morgan fingerprint density at radius 1 is 1.18 bits per heavy atom. The molecule has 88 valence electrons. The van der Waals surface area contributed by atoms with Crippen molar-refractivity contribution < 1.29 is 0 Å². The lowest BCUT2D eigenvalue weighted by Gasteiger charge is -2.06. The van der Waals surface area contributed by atoms with E-state index < -0.39 is 0 Å². The summed E-state index contributed by atoms with van der Waals surface area (Å²) in [6.07, 6.45) is 9.06. The number of hydrogen-bond acceptors (Lipinski definition) is 1. The molecule has 1 heterocycles. The van der Waals surface area contributed by atoms with Crippen LogP contribution in [0.5, 0.6) is 0 Å². The van der Waals surface area contributed by atoms with Gasteiger partial charge in [0.15, 0.2) is 0 Å². The minimum Gasteiger partial charge on any atom is -0.261 e. The number of aliphatic imine (C=N–C) groups is 1. The van der Waals surface area contributed by atoms with Gasteiger partial charge < -0.3 is 0 Å². The van der Waals surface area contributed by atoms with Crippen LogP contribution in [0.3, 0.4) is 0 Å². The molecule has 1 aliphatic heterocycles. The van der Waals surface area contributed by atoms with Crippen molar-refractivity contribution >= 4 is 5.71 Å². The van der Waals surface area contributed by atoms with Crippen molar-refractivity contribution in [2.45, 2.75) is 32.6 Å². The van der Waals surface area contributed by atoms with E-state index in [0.717, 1.165) is 11.8 Å². The van der Waals surface area contributed by atoms with Crippen molar-refractivity contribution in [3.8, 4) is 0 Å². The van der Waals surface area contributed by atoms with Crippen LogP contribution in [0.25, 0.3) is 0 Å². The van der Waals surface area contributed by atoms with Gasteiger partial charge in [0.2, 0.25) is 0 Å². The van der Waals surface area contributed by atoms with Crippen LogP contribution >= 0.6 is 0 Å². The van der Waals surface area contributed by atoms with E-state index in [9.17, 15) is 0 Å².